The summed E-state index contributed by atoms with van der Waals surface area (Å²) in [5.41, 5.74) is 0. The molecular weight excluding hydrogens is 418 g/mol. The minimum Gasteiger partial charge on any atom is -0.307 e. The van der Waals surface area contributed by atoms with Crippen molar-refractivity contribution in [3.05, 3.63) is 12.2 Å². The molecule has 1 aliphatic heterocycles. The molecule has 0 radical (unpaired) electrons. The average Bonchev–Trinajstić information content (AvgIpc) is 3.24. The highest BCUT2D eigenvalue weighted by molar-refractivity contribution is 5.73. The fraction of sp³-hybridized carbons (Fsp3) is 0.867. The second kappa shape index (κ2) is 20.1. The number of allylic oxidation sites excluding steroid dienone is 2. The minimum absolute atomic E-state index is 0.0600. The van der Waals surface area contributed by atoms with Gasteiger partial charge in [-0.05, 0) is 39.0 Å². The van der Waals surface area contributed by atoms with Gasteiger partial charge in [0.1, 0.15) is 6.54 Å². The molecule has 1 N–H and O–H groups in total. The maximum absolute atomic E-state index is 11.6. The molecule has 1 rings (SSSR count). The third kappa shape index (κ3) is 13.1. The average molecular weight is 477 g/mol. The van der Waals surface area contributed by atoms with Crippen molar-refractivity contribution in [2.24, 2.45) is 4.99 Å². The summed E-state index contributed by atoms with van der Waals surface area (Å²) in [5, 5.41) is 3.12. The molecular formula is C30H58N3O+. The summed E-state index contributed by atoms with van der Waals surface area (Å²) >= 11 is 0. The van der Waals surface area contributed by atoms with Gasteiger partial charge in [0.15, 0.2) is 12.3 Å². The van der Waals surface area contributed by atoms with Crippen LogP contribution in [0.5, 0.6) is 0 Å². The molecule has 1 heterocycles. The summed E-state index contributed by atoms with van der Waals surface area (Å²) in [7, 11) is 0. The largest absolute Gasteiger partial charge is 0.307 e. The maximum atomic E-state index is 11.6. The van der Waals surface area contributed by atoms with Crippen LogP contribution in [0.15, 0.2) is 17.1 Å². The highest BCUT2D eigenvalue weighted by Gasteiger charge is 2.42. The van der Waals surface area contributed by atoms with Crippen molar-refractivity contribution in [1.29, 1.82) is 0 Å². The highest BCUT2D eigenvalue weighted by atomic mass is 16.1. The lowest BCUT2D eigenvalue weighted by Crippen LogP contribution is -2.63. The lowest BCUT2D eigenvalue weighted by atomic mass is 10.0. The number of hydrogen-bond acceptors (Lipinski definition) is 2. The van der Waals surface area contributed by atoms with Gasteiger partial charge in [0, 0.05) is 20.3 Å². The van der Waals surface area contributed by atoms with E-state index in [2.05, 4.69) is 44.5 Å². The zero-order chi connectivity index (χ0) is 24.9. The second-order valence-electron chi connectivity index (χ2n) is 10.6. The number of carbonyl (C=O) groups is 1. The van der Waals surface area contributed by atoms with Crippen molar-refractivity contribution in [3.63, 3.8) is 0 Å². The number of nitrogens with one attached hydrogen (secondary N) is 1. The van der Waals surface area contributed by atoms with Crippen molar-refractivity contribution in [3.8, 4) is 0 Å². The SMILES string of the molecule is CCCCCC/C=C/CCCCCCCCCCCCCC1N=CC[N+]1(CC)C(C)NC(C)=O. The van der Waals surface area contributed by atoms with Crippen molar-refractivity contribution >= 4 is 12.1 Å². The van der Waals surface area contributed by atoms with Gasteiger partial charge in [-0.1, -0.05) is 96.1 Å². The number of unbranched alkanes of at least 4 members (excludes halogenated alkanes) is 15. The van der Waals surface area contributed by atoms with Crippen molar-refractivity contribution in [2.45, 2.75) is 156 Å². The van der Waals surface area contributed by atoms with Crippen LogP contribution in [0.4, 0.5) is 0 Å². The molecule has 3 unspecified atom stereocenters. The van der Waals surface area contributed by atoms with Crippen molar-refractivity contribution in [1.82, 2.24) is 5.32 Å². The van der Waals surface area contributed by atoms with E-state index in [1.165, 1.54) is 109 Å². The standard InChI is InChI=1S/C30H57N3O/c1-5-7-8-9-10-11-12-13-14-15-16-17-18-19-20-21-22-23-24-25-30-31-26-27-33(30,6-2)28(3)32-29(4)34/h11-12,26,28,30H,5-10,13-25,27H2,1-4H3/p+1/b12-11+. The van der Waals surface area contributed by atoms with Crippen molar-refractivity contribution < 1.29 is 9.28 Å². The summed E-state index contributed by atoms with van der Waals surface area (Å²) in [6.45, 7) is 10.2. The summed E-state index contributed by atoms with van der Waals surface area (Å²) in [6.07, 6.45) is 31.7. The van der Waals surface area contributed by atoms with Gasteiger partial charge in [-0.3, -0.25) is 9.28 Å². The van der Waals surface area contributed by atoms with Crippen LogP contribution >= 0.6 is 0 Å². The zero-order valence-electron chi connectivity index (χ0n) is 23.3. The second-order valence-corrected chi connectivity index (χ2v) is 10.6. The van der Waals surface area contributed by atoms with Gasteiger partial charge >= 0.3 is 0 Å². The van der Waals surface area contributed by atoms with Crippen LogP contribution in [0.3, 0.4) is 0 Å². The van der Waals surface area contributed by atoms with Gasteiger partial charge in [0.2, 0.25) is 5.91 Å². The Labute approximate surface area is 212 Å². The first-order valence-electron chi connectivity index (χ1n) is 14.9. The maximum Gasteiger partial charge on any atom is 0.221 e. The van der Waals surface area contributed by atoms with E-state index in [1.807, 2.05) is 0 Å². The Bertz CT molecular complexity index is 559. The summed E-state index contributed by atoms with van der Waals surface area (Å²) in [5.74, 6) is 0.0600. The van der Waals surface area contributed by atoms with Crippen LogP contribution in [0.25, 0.3) is 0 Å². The molecule has 0 spiro atoms. The molecule has 1 aliphatic rings. The van der Waals surface area contributed by atoms with Crippen LogP contribution in [0.2, 0.25) is 0 Å². The van der Waals surface area contributed by atoms with Crippen LogP contribution < -0.4 is 5.32 Å². The molecule has 0 fully saturated rings. The number of aliphatic imine (C=N–C) groups is 1. The molecule has 4 nitrogen and oxygen atoms in total. The monoisotopic (exact) mass is 476 g/mol. The fourth-order valence-electron chi connectivity index (χ4n) is 5.46. The summed E-state index contributed by atoms with van der Waals surface area (Å²) in [4.78, 5) is 16.4. The van der Waals surface area contributed by atoms with Crippen LogP contribution in [0, 0.1) is 0 Å². The molecule has 4 heteroatoms. The third-order valence-electron chi connectivity index (χ3n) is 7.79. The van der Waals surface area contributed by atoms with Gasteiger partial charge in [-0.2, -0.15) is 0 Å². The first-order chi connectivity index (χ1) is 16.6. The number of rotatable bonds is 22. The van der Waals surface area contributed by atoms with Gasteiger partial charge in [-0.25, -0.2) is 4.99 Å². The van der Waals surface area contributed by atoms with E-state index in [9.17, 15) is 4.79 Å². The van der Waals surface area contributed by atoms with Crippen LogP contribution in [0.1, 0.15) is 143 Å². The molecule has 0 aromatic rings. The Kier molecular flexibility index (Phi) is 18.2. The van der Waals surface area contributed by atoms with E-state index >= 15 is 0 Å². The van der Waals surface area contributed by atoms with E-state index in [0.29, 0.717) is 6.17 Å². The number of amides is 1. The summed E-state index contributed by atoms with van der Waals surface area (Å²) in [6, 6.07) is 0. The molecule has 0 aliphatic carbocycles. The molecule has 198 valence electrons. The Balaban J connectivity index is 1.94. The Morgan fingerprint density at radius 1 is 0.882 bits per heavy atom. The highest BCUT2D eigenvalue weighted by Crippen LogP contribution is 2.27. The lowest BCUT2D eigenvalue weighted by Gasteiger charge is -2.42. The minimum atomic E-state index is 0.0600. The number of hydrogen-bond donors (Lipinski definition) is 1. The Morgan fingerprint density at radius 2 is 1.38 bits per heavy atom. The van der Waals surface area contributed by atoms with Gasteiger partial charge in [0.25, 0.3) is 0 Å². The normalized spacial score (nSPS) is 20.9. The molecule has 0 bridgehead atoms. The molecule has 0 aromatic carbocycles. The molecule has 0 saturated carbocycles. The van der Waals surface area contributed by atoms with E-state index in [0.717, 1.165) is 24.0 Å². The van der Waals surface area contributed by atoms with E-state index in [4.69, 9.17) is 4.99 Å². The predicted octanol–water partition coefficient (Wildman–Crippen LogP) is 8.31. The van der Waals surface area contributed by atoms with Gasteiger partial charge in [0.05, 0.1) is 12.8 Å². The number of nitrogens with zero attached hydrogens (tertiary/aromatic N) is 2. The smallest absolute Gasteiger partial charge is 0.221 e. The van der Waals surface area contributed by atoms with E-state index in [-0.39, 0.29) is 12.1 Å². The quantitative estimate of drug-likeness (QED) is 0.0952. The molecule has 1 amide bonds. The third-order valence-corrected chi connectivity index (χ3v) is 7.79. The first-order valence-corrected chi connectivity index (χ1v) is 14.9. The predicted molar refractivity (Wildman–Crippen MR) is 149 cm³/mol. The summed E-state index contributed by atoms with van der Waals surface area (Å²) < 4.78 is 0.884. The van der Waals surface area contributed by atoms with Crippen molar-refractivity contribution in [2.75, 3.05) is 13.1 Å². The van der Waals surface area contributed by atoms with Gasteiger partial charge < -0.3 is 5.32 Å². The van der Waals surface area contributed by atoms with Gasteiger partial charge in [-0.15, -0.1) is 0 Å². The molecule has 3 atom stereocenters. The Hall–Kier alpha value is -1.16. The Morgan fingerprint density at radius 3 is 1.88 bits per heavy atom. The molecule has 0 saturated heterocycles. The topological polar surface area (TPSA) is 41.5 Å². The number of quaternary nitrogens is 1. The van der Waals surface area contributed by atoms with Crippen LogP contribution in [-0.2, 0) is 4.79 Å². The van der Waals surface area contributed by atoms with Crippen LogP contribution in [-0.4, -0.2) is 42.0 Å². The molecule has 34 heavy (non-hydrogen) atoms. The zero-order valence-corrected chi connectivity index (χ0v) is 23.3. The lowest BCUT2D eigenvalue weighted by molar-refractivity contribution is -0.959. The fourth-order valence-corrected chi connectivity index (χ4v) is 5.46. The van der Waals surface area contributed by atoms with E-state index < -0.39 is 0 Å². The molecule has 0 aromatic heterocycles. The number of carbonyl (C=O) groups excluding carboxylic acids is 1. The first kappa shape index (κ1) is 30.9. The van der Waals surface area contributed by atoms with E-state index in [1.54, 1.807) is 6.92 Å².